The lowest BCUT2D eigenvalue weighted by Crippen LogP contribution is -2.47. The number of nitrogens with zero attached hydrogens (tertiary/aromatic N) is 8. The van der Waals surface area contributed by atoms with Gasteiger partial charge in [-0.05, 0) is 18.2 Å². The summed E-state index contributed by atoms with van der Waals surface area (Å²) >= 11 is 0. The number of aromatic nitrogens is 6. The Hall–Kier alpha value is -3.16. The maximum absolute atomic E-state index is 4.56. The van der Waals surface area contributed by atoms with Gasteiger partial charge in [0, 0.05) is 38.6 Å². The Labute approximate surface area is 138 Å². The lowest BCUT2D eigenvalue weighted by atomic mass is 10.3. The van der Waals surface area contributed by atoms with E-state index in [4.69, 9.17) is 0 Å². The number of fused-ring (bicyclic) bond motifs is 2. The minimum absolute atomic E-state index is 0.876. The Balaban J connectivity index is 1.41. The molecule has 0 amide bonds. The second-order valence-electron chi connectivity index (χ2n) is 5.83. The van der Waals surface area contributed by atoms with Crippen LogP contribution in [-0.2, 0) is 0 Å². The summed E-state index contributed by atoms with van der Waals surface area (Å²) < 4.78 is 3.90. The molecule has 1 fully saturated rings. The second-order valence-corrected chi connectivity index (χ2v) is 5.83. The molecule has 0 saturated carbocycles. The van der Waals surface area contributed by atoms with E-state index >= 15 is 0 Å². The van der Waals surface area contributed by atoms with E-state index in [-0.39, 0.29) is 0 Å². The predicted molar refractivity (Wildman–Crippen MR) is 90.4 cm³/mol. The van der Waals surface area contributed by atoms with Crippen LogP contribution in [0.3, 0.4) is 0 Å². The minimum Gasteiger partial charge on any atom is -0.354 e. The maximum atomic E-state index is 4.56. The molecule has 0 spiro atoms. The Kier molecular flexibility index (Phi) is 2.87. The molecule has 5 heterocycles. The molecular formula is C16H16N8. The van der Waals surface area contributed by atoms with Crippen LogP contribution in [0, 0.1) is 0 Å². The summed E-state index contributed by atoms with van der Waals surface area (Å²) in [5.74, 6) is 2.13. The van der Waals surface area contributed by atoms with Gasteiger partial charge in [0.1, 0.15) is 17.7 Å². The molecule has 0 radical (unpaired) electrons. The first-order valence-electron chi connectivity index (χ1n) is 7.97. The number of rotatable bonds is 2. The predicted octanol–water partition coefficient (Wildman–Crippen LogP) is 1.10. The van der Waals surface area contributed by atoms with E-state index in [0.717, 1.165) is 49.0 Å². The van der Waals surface area contributed by atoms with Crippen molar-refractivity contribution >= 4 is 22.8 Å². The van der Waals surface area contributed by atoms with E-state index in [1.165, 1.54) is 0 Å². The van der Waals surface area contributed by atoms with Gasteiger partial charge in [-0.3, -0.25) is 4.40 Å². The molecular weight excluding hydrogens is 304 g/mol. The van der Waals surface area contributed by atoms with E-state index in [1.807, 2.05) is 39.5 Å². The van der Waals surface area contributed by atoms with E-state index in [2.05, 4.69) is 36.1 Å². The number of hydrogen-bond donors (Lipinski definition) is 0. The van der Waals surface area contributed by atoms with Gasteiger partial charge in [-0.1, -0.05) is 6.07 Å². The molecule has 8 heteroatoms. The van der Waals surface area contributed by atoms with Gasteiger partial charge < -0.3 is 9.80 Å². The van der Waals surface area contributed by atoms with Crippen molar-refractivity contribution in [3.8, 4) is 0 Å². The number of anilines is 2. The zero-order valence-electron chi connectivity index (χ0n) is 13.0. The fraction of sp³-hybridized carbons (Fsp3) is 0.250. The summed E-state index contributed by atoms with van der Waals surface area (Å²) in [7, 11) is 0. The van der Waals surface area contributed by atoms with Crippen LogP contribution in [0.15, 0.2) is 49.2 Å². The fourth-order valence-corrected chi connectivity index (χ4v) is 3.33. The number of piperazine rings is 1. The quantitative estimate of drug-likeness (QED) is 0.551. The van der Waals surface area contributed by atoms with Crippen molar-refractivity contribution in [2.75, 3.05) is 36.0 Å². The normalized spacial score (nSPS) is 15.5. The summed E-state index contributed by atoms with van der Waals surface area (Å²) in [6, 6.07) is 8.12. The first kappa shape index (κ1) is 13.3. The molecule has 5 rings (SSSR count). The monoisotopic (exact) mass is 320 g/mol. The summed E-state index contributed by atoms with van der Waals surface area (Å²) in [5, 5.41) is 12.4. The SMILES string of the molecule is c1cc(N2CCN(c3nccn4nccc34)CC2)n2cnnc2c1. The van der Waals surface area contributed by atoms with Crippen LogP contribution in [0.4, 0.5) is 11.6 Å². The van der Waals surface area contributed by atoms with E-state index in [9.17, 15) is 0 Å². The van der Waals surface area contributed by atoms with Crippen molar-refractivity contribution in [3.05, 3.63) is 49.2 Å². The highest BCUT2D eigenvalue weighted by Crippen LogP contribution is 2.22. The van der Waals surface area contributed by atoms with Crippen LogP contribution in [0.5, 0.6) is 0 Å². The van der Waals surface area contributed by atoms with Crippen molar-refractivity contribution < 1.29 is 0 Å². The fourth-order valence-electron chi connectivity index (χ4n) is 3.33. The second kappa shape index (κ2) is 5.19. The Morgan fingerprint density at radius 1 is 0.917 bits per heavy atom. The van der Waals surface area contributed by atoms with Crippen molar-refractivity contribution in [3.63, 3.8) is 0 Å². The van der Waals surface area contributed by atoms with Crippen molar-refractivity contribution in [1.82, 2.24) is 29.2 Å². The van der Waals surface area contributed by atoms with Gasteiger partial charge in [0.05, 0.1) is 6.20 Å². The zero-order chi connectivity index (χ0) is 15.9. The maximum Gasteiger partial charge on any atom is 0.162 e. The van der Waals surface area contributed by atoms with Crippen LogP contribution in [0.2, 0.25) is 0 Å². The first-order chi connectivity index (χ1) is 11.9. The van der Waals surface area contributed by atoms with E-state index in [0.29, 0.717) is 0 Å². The molecule has 4 aromatic heterocycles. The molecule has 120 valence electrons. The Morgan fingerprint density at radius 2 is 1.79 bits per heavy atom. The average Bonchev–Trinajstić information content (AvgIpc) is 3.30. The molecule has 8 nitrogen and oxygen atoms in total. The highest BCUT2D eigenvalue weighted by molar-refractivity contribution is 5.68. The molecule has 1 saturated heterocycles. The van der Waals surface area contributed by atoms with Crippen LogP contribution < -0.4 is 9.80 Å². The summed E-state index contributed by atoms with van der Waals surface area (Å²) in [4.78, 5) is 9.25. The van der Waals surface area contributed by atoms with Gasteiger partial charge in [0.15, 0.2) is 11.5 Å². The molecule has 0 N–H and O–H groups in total. The number of hydrogen-bond acceptors (Lipinski definition) is 6. The summed E-state index contributed by atoms with van der Waals surface area (Å²) in [6.45, 7) is 3.68. The van der Waals surface area contributed by atoms with Crippen molar-refractivity contribution in [2.24, 2.45) is 0 Å². The van der Waals surface area contributed by atoms with Gasteiger partial charge in [-0.15, -0.1) is 10.2 Å². The third kappa shape index (κ3) is 1.99. The van der Waals surface area contributed by atoms with Gasteiger partial charge >= 0.3 is 0 Å². The molecule has 0 aromatic carbocycles. The van der Waals surface area contributed by atoms with Gasteiger partial charge in [0.2, 0.25) is 0 Å². The van der Waals surface area contributed by atoms with Gasteiger partial charge in [-0.2, -0.15) is 5.10 Å². The first-order valence-corrected chi connectivity index (χ1v) is 7.97. The third-order valence-electron chi connectivity index (χ3n) is 4.52. The lowest BCUT2D eigenvalue weighted by molar-refractivity contribution is 0.639. The molecule has 1 aliphatic heterocycles. The number of pyridine rings is 1. The van der Waals surface area contributed by atoms with Gasteiger partial charge in [0.25, 0.3) is 0 Å². The lowest BCUT2D eigenvalue weighted by Gasteiger charge is -2.36. The molecule has 4 aromatic rings. The highest BCUT2D eigenvalue weighted by atomic mass is 15.3. The smallest absolute Gasteiger partial charge is 0.162 e. The summed E-state index contributed by atoms with van der Waals surface area (Å²) in [6.07, 6.45) is 7.26. The molecule has 24 heavy (non-hydrogen) atoms. The topological polar surface area (TPSA) is 66.9 Å². The van der Waals surface area contributed by atoms with Crippen LogP contribution in [-0.4, -0.2) is 55.4 Å². The van der Waals surface area contributed by atoms with Crippen molar-refractivity contribution in [2.45, 2.75) is 0 Å². The molecule has 1 aliphatic rings. The molecule has 0 unspecified atom stereocenters. The largest absolute Gasteiger partial charge is 0.354 e. The van der Waals surface area contributed by atoms with E-state index in [1.54, 1.807) is 12.5 Å². The zero-order valence-corrected chi connectivity index (χ0v) is 13.0. The molecule has 0 atom stereocenters. The Morgan fingerprint density at radius 3 is 2.71 bits per heavy atom. The minimum atomic E-state index is 0.876. The Bertz CT molecular complexity index is 913. The van der Waals surface area contributed by atoms with Crippen molar-refractivity contribution in [1.29, 1.82) is 0 Å². The molecule has 0 aliphatic carbocycles. The summed E-state index contributed by atoms with van der Waals surface area (Å²) in [5.41, 5.74) is 1.92. The van der Waals surface area contributed by atoms with Crippen LogP contribution in [0.25, 0.3) is 11.2 Å². The molecule has 0 bridgehead atoms. The van der Waals surface area contributed by atoms with Gasteiger partial charge in [-0.25, -0.2) is 9.50 Å². The van der Waals surface area contributed by atoms with Crippen LogP contribution in [0.1, 0.15) is 0 Å². The third-order valence-corrected chi connectivity index (χ3v) is 4.52. The standard InChI is InChI=1S/C16H16N8/c1-2-14-20-18-12-23(14)15(3-1)21-8-10-22(11-9-21)16-13-4-5-19-24(13)7-6-17-16/h1-7,12H,8-11H2. The average molecular weight is 320 g/mol. The van der Waals surface area contributed by atoms with E-state index < -0.39 is 0 Å². The van der Waals surface area contributed by atoms with Crippen LogP contribution >= 0.6 is 0 Å². The highest BCUT2D eigenvalue weighted by Gasteiger charge is 2.21.